The molecule has 0 aromatic heterocycles. The van der Waals surface area contributed by atoms with Gasteiger partial charge in [-0.1, -0.05) is 0 Å². The minimum Gasteiger partial charge on any atom is -0.467 e. The van der Waals surface area contributed by atoms with Gasteiger partial charge in [0.25, 0.3) is 0 Å². The first-order valence-corrected chi connectivity index (χ1v) is 2.22. The normalized spacial score (nSPS) is 10.7. The molecule has 0 aliphatic heterocycles. The lowest BCUT2D eigenvalue weighted by Crippen LogP contribution is -2.14. The van der Waals surface area contributed by atoms with Crippen molar-refractivity contribution >= 4 is 12.0 Å². The van der Waals surface area contributed by atoms with Crippen molar-refractivity contribution in [2.75, 3.05) is 7.11 Å². The Balaban J connectivity index is 3.56. The fraction of sp³-hybridized carbons (Fsp3) is 0.500. The molecule has 9 heavy (non-hydrogen) atoms. The number of amidine groups is 1. The molecule has 5 nitrogen and oxygen atoms in total. The van der Waals surface area contributed by atoms with E-state index >= 15 is 0 Å². The van der Waals surface area contributed by atoms with Gasteiger partial charge in [-0.2, -0.15) is 0 Å². The summed E-state index contributed by atoms with van der Waals surface area (Å²) < 4.78 is 4.35. The lowest BCUT2D eigenvalue weighted by molar-refractivity contribution is -0.141. The predicted octanol–water partition coefficient (Wildman–Crippen LogP) is -0.574. The maximum atomic E-state index is 10.0. The van der Waals surface area contributed by atoms with E-state index in [4.69, 9.17) is 5.73 Å². The predicted molar refractivity (Wildman–Crippen MR) is 30.4 cm³/mol. The van der Waals surface area contributed by atoms with Crippen molar-refractivity contribution in [2.24, 2.45) is 10.9 Å². The van der Waals surface area contributed by atoms with E-state index in [1.165, 1.54) is 14.0 Å². The highest BCUT2D eigenvalue weighted by Gasteiger charge is 1.90. The van der Waals surface area contributed by atoms with Gasteiger partial charge in [-0.05, 0) is 5.16 Å². The number of methoxy groups -OCH3 is 1. The van der Waals surface area contributed by atoms with Crippen LogP contribution in [-0.4, -0.2) is 19.1 Å². The summed E-state index contributed by atoms with van der Waals surface area (Å²) in [5, 5.41) is 3.06. The van der Waals surface area contributed by atoms with E-state index in [1.807, 2.05) is 0 Å². The Labute approximate surface area is 52.4 Å². The number of rotatable bonds is 1. The molecule has 0 aliphatic rings. The zero-order valence-corrected chi connectivity index (χ0v) is 5.25. The zero-order valence-electron chi connectivity index (χ0n) is 5.25. The van der Waals surface area contributed by atoms with Crippen LogP contribution in [0.15, 0.2) is 5.16 Å². The number of hydrogen-bond acceptors (Lipinski definition) is 4. The van der Waals surface area contributed by atoms with Crippen LogP contribution in [0.5, 0.6) is 0 Å². The molecule has 0 bridgehead atoms. The van der Waals surface area contributed by atoms with E-state index in [9.17, 15) is 4.79 Å². The standard InChI is InChI=1S/C4H8N2O3/c1-3(7)9-6-4(5)8-2/h1-2H3,(H2,5,6). The highest BCUT2D eigenvalue weighted by Crippen LogP contribution is 1.77. The highest BCUT2D eigenvalue weighted by molar-refractivity contribution is 5.72. The average Bonchev–Trinajstić information content (AvgIpc) is 1.83. The van der Waals surface area contributed by atoms with Gasteiger partial charge in [0.15, 0.2) is 0 Å². The molecular formula is C4H8N2O3. The number of nitrogens with zero attached hydrogens (tertiary/aromatic N) is 1. The third kappa shape index (κ3) is 4.60. The van der Waals surface area contributed by atoms with Gasteiger partial charge >= 0.3 is 12.0 Å². The molecule has 0 unspecified atom stereocenters. The first-order valence-electron chi connectivity index (χ1n) is 2.22. The molecule has 0 atom stereocenters. The van der Waals surface area contributed by atoms with E-state index in [-0.39, 0.29) is 6.02 Å². The van der Waals surface area contributed by atoms with Crippen molar-refractivity contribution in [3.8, 4) is 0 Å². The topological polar surface area (TPSA) is 73.9 Å². The summed E-state index contributed by atoms with van der Waals surface area (Å²) in [5.74, 6) is -0.532. The molecule has 0 spiro atoms. The Bertz CT molecular complexity index is 132. The van der Waals surface area contributed by atoms with Gasteiger partial charge in [-0.15, -0.1) is 0 Å². The van der Waals surface area contributed by atoms with Crippen molar-refractivity contribution in [1.29, 1.82) is 0 Å². The second-order valence-corrected chi connectivity index (χ2v) is 1.22. The quantitative estimate of drug-likeness (QED) is 0.224. The summed E-state index contributed by atoms with van der Waals surface area (Å²) in [5.41, 5.74) is 4.97. The number of hydrogen-bond donors (Lipinski definition) is 1. The van der Waals surface area contributed by atoms with E-state index < -0.39 is 5.97 Å². The molecule has 0 saturated heterocycles. The molecule has 0 amide bonds. The van der Waals surface area contributed by atoms with E-state index in [0.717, 1.165) is 0 Å². The second kappa shape index (κ2) is 3.71. The van der Waals surface area contributed by atoms with Crippen LogP contribution in [0.1, 0.15) is 6.92 Å². The summed E-state index contributed by atoms with van der Waals surface area (Å²) in [7, 11) is 1.32. The van der Waals surface area contributed by atoms with Gasteiger partial charge in [0, 0.05) is 6.92 Å². The van der Waals surface area contributed by atoms with Gasteiger partial charge in [0.05, 0.1) is 7.11 Å². The molecule has 52 valence electrons. The SMILES string of the molecule is CO/C(N)=N\OC(C)=O. The first kappa shape index (κ1) is 7.74. The first-order chi connectivity index (χ1) is 4.16. The average molecular weight is 132 g/mol. The molecule has 0 radical (unpaired) electrons. The molecular weight excluding hydrogens is 124 g/mol. The molecule has 0 aromatic rings. The molecule has 2 N–H and O–H groups in total. The van der Waals surface area contributed by atoms with Crippen LogP contribution in [0.4, 0.5) is 0 Å². The minimum atomic E-state index is -0.532. The van der Waals surface area contributed by atoms with Crippen LogP contribution >= 0.6 is 0 Å². The van der Waals surface area contributed by atoms with Crippen LogP contribution in [-0.2, 0) is 14.4 Å². The number of carbonyl (C=O) groups is 1. The van der Waals surface area contributed by atoms with Crippen LogP contribution in [0.25, 0.3) is 0 Å². The van der Waals surface area contributed by atoms with Gasteiger partial charge in [-0.25, -0.2) is 4.79 Å². The lowest BCUT2D eigenvalue weighted by atomic mass is 10.8. The fourth-order valence-corrected chi connectivity index (χ4v) is 0.147. The van der Waals surface area contributed by atoms with Crippen LogP contribution in [0, 0.1) is 0 Å². The zero-order chi connectivity index (χ0) is 7.28. The van der Waals surface area contributed by atoms with E-state index in [1.54, 1.807) is 0 Å². The maximum Gasteiger partial charge on any atom is 0.332 e. The Morgan fingerprint density at radius 3 is 2.56 bits per heavy atom. The molecule has 0 aliphatic carbocycles. The molecule has 5 heteroatoms. The summed E-state index contributed by atoms with van der Waals surface area (Å²) in [6.45, 7) is 1.21. The maximum absolute atomic E-state index is 10.0. The van der Waals surface area contributed by atoms with Gasteiger partial charge in [0.2, 0.25) is 0 Å². The molecule has 0 saturated carbocycles. The second-order valence-electron chi connectivity index (χ2n) is 1.22. The number of oxime groups is 1. The van der Waals surface area contributed by atoms with Crippen molar-refractivity contribution in [3.05, 3.63) is 0 Å². The largest absolute Gasteiger partial charge is 0.467 e. The number of nitrogens with two attached hydrogens (primary N) is 1. The lowest BCUT2D eigenvalue weighted by Gasteiger charge is -1.93. The van der Waals surface area contributed by atoms with Crippen molar-refractivity contribution in [3.63, 3.8) is 0 Å². The van der Waals surface area contributed by atoms with Crippen LogP contribution in [0.3, 0.4) is 0 Å². The van der Waals surface area contributed by atoms with Gasteiger partial charge in [-0.3, -0.25) is 0 Å². The molecule has 0 aromatic carbocycles. The van der Waals surface area contributed by atoms with Crippen molar-refractivity contribution in [1.82, 2.24) is 0 Å². The Kier molecular flexibility index (Phi) is 3.19. The third-order valence-electron chi connectivity index (χ3n) is 0.473. The smallest absolute Gasteiger partial charge is 0.332 e. The Morgan fingerprint density at radius 2 is 2.22 bits per heavy atom. The number of carbonyl (C=O) groups excluding carboxylic acids is 1. The fourth-order valence-electron chi connectivity index (χ4n) is 0.147. The Hall–Kier alpha value is -1.26. The van der Waals surface area contributed by atoms with Crippen LogP contribution < -0.4 is 5.73 Å². The summed E-state index contributed by atoms with van der Waals surface area (Å²) in [4.78, 5) is 14.1. The van der Waals surface area contributed by atoms with Gasteiger partial charge < -0.3 is 15.3 Å². The minimum absolute atomic E-state index is 0.176. The van der Waals surface area contributed by atoms with Crippen molar-refractivity contribution in [2.45, 2.75) is 6.92 Å². The monoisotopic (exact) mass is 132 g/mol. The Morgan fingerprint density at radius 1 is 1.67 bits per heavy atom. The summed E-state index contributed by atoms with van der Waals surface area (Å²) in [6.07, 6.45) is 0. The number of ether oxygens (including phenoxy) is 1. The van der Waals surface area contributed by atoms with Gasteiger partial charge in [0.1, 0.15) is 0 Å². The van der Waals surface area contributed by atoms with Crippen LogP contribution in [0.2, 0.25) is 0 Å². The van der Waals surface area contributed by atoms with E-state index in [2.05, 4.69) is 14.7 Å². The summed E-state index contributed by atoms with van der Waals surface area (Å²) in [6, 6.07) is -0.176. The summed E-state index contributed by atoms with van der Waals surface area (Å²) >= 11 is 0. The molecule has 0 rings (SSSR count). The third-order valence-corrected chi connectivity index (χ3v) is 0.473. The highest BCUT2D eigenvalue weighted by atomic mass is 16.7. The molecule has 0 heterocycles. The van der Waals surface area contributed by atoms with E-state index in [0.29, 0.717) is 0 Å². The molecule has 0 fully saturated rings. The van der Waals surface area contributed by atoms with Crippen molar-refractivity contribution < 1.29 is 14.4 Å².